The van der Waals surface area contributed by atoms with Gasteiger partial charge < -0.3 is 10.2 Å². The molecule has 2 aromatic carbocycles. The van der Waals surface area contributed by atoms with Crippen LogP contribution in [0.25, 0.3) is 0 Å². The van der Waals surface area contributed by atoms with Gasteiger partial charge in [0.2, 0.25) is 21.8 Å². The number of hydrogen-bond donors (Lipinski definition) is 1. The number of benzene rings is 2. The summed E-state index contributed by atoms with van der Waals surface area (Å²) in [7, 11) is -4.08. The number of sulfonamides is 1. The molecule has 7 nitrogen and oxygen atoms in total. The number of nitrogens with one attached hydrogen (secondary N) is 1. The first-order valence-corrected chi connectivity index (χ1v) is 13.6. The zero-order chi connectivity index (χ0) is 26.5. The molecular weight excluding hydrogens is 495 g/mol. The highest BCUT2D eigenvalue weighted by atomic mass is 32.2. The van der Waals surface area contributed by atoms with E-state index in [0.29, 0.717) is 15.9 Å². The number of halogens is 3. The van der Waals surface area contributed by atoms with Gasteiger partial charge in [-0.05, 0) is 49.1 Å². The fraction of sp³-hybridized carbons (Fsp3) is 0.440. The fourth-order valence-electron chi connectivity index (χ4n) is 4.33. The van der Waals surface area contributed by atoms with Crippen LogP contribution in [0, 0.1) is 17.5 Å². The minimum absolute atomic E-state index is 0.00373. The van der Waals surface area contributed by atoms with Gasteiger partial charge in [0.25, 0.3) is 0 Å². The third-order valence-corrected chi connectivity index (χ3v) is 7.36. The van der Waals surface area contributed by atoms with Crippen molar-refractivity contribution >= 4 is 27.5 Å². The molecule has 36 heavy (non-hydrogen) atoms. The summed E-state index contributed by atoms with van der Waals surface area (Å²) in [6.07, 6.45) is 4.76. The van der Waals surface area contributed by atoms with E-state index in [1.54, 1.807) is 6.92 Å². The topological polar surface area (TPSA) is 86.8 Å². The number of carbonyl (C=O) groups is 2. The normalized spacial score (nSPS) is 14.9. The predicted octanol–water partition coefficient (Wildman–Crippen LogP) is 3.74. The lowest BCUT2D eigenvalue weighted by atomic mass is 10.1. The van der Waals surface area contributed by atoms with Crippen molar-refractivity contribution in [3.05, 3.63) is 65.5 Å². The van der Waals surface area contributed by atoms with Crippen LogP contribution in [0.3, 0.4) is 0 Å². The van der Waals surface area contributed by atoms with Gasteiger partial charge in [-0.2, -0.15) is 0 Å². The lowest BCUT2D eigenvalue weighted by Crippen LogP contribution is -2.53. The molecule has 1 atom stereocenters. The van der Waals surface area contributed by atoms with Gasteiger partial charge in [0.1, 0.15) is 18.4 Å². The molecule has 2 aromatic rings. The lowest BCUT2D eigenvalue weighted by molar-refractivity contribution is -0.140. The Bertz CT molecular complexity index is 1190. The third-order valence-electron chi connectivity index (χ3n) is 6.22. The summed E-state index contributed by atoms with van der Waals surface area (Å²) in [5.41, 5.74) is 0.311. The van der Waals surface area contributed by atoms with E-state index in [-0.39, 0.29) is 30.6 Å². The molecule has 0 aromatic heterocycles. The molecule has 0 saturated heterocycles. The molecule has 1 N–H and O–H groups in total. The lowest BCUT2D eigenvalue weighted by Gasteiger charge is -2.33. The highest BCUT2D eigenvalue weighted by Crippen LogP contribution is 2.23. The Morgan fingerprint density at radius 3 is 2.22 bits per heavy atom. The zero-order valence-corrected chi connectivity index (χ0v) is 21.0. The number of rotatable bonds is 10. The van der Waals surface area contributed by atoms with Crippen LogP contribution in [0.5, 0.6) is 0 Å². The van der Waals surface area contributed by atoms with Crippen LogP contribution in [0.4, 0.5) is 18.9 Å². The highest BCUT2D eigenvalue weighted by molar-refractivity contribution is 7.92. The Morgan fingerprint density at radius 2 is 1.67 bits per heavy atom. The number of anilines is 1. The van der Waals surface area contributed by atoms with Crippen LogP contribution in [0.1, 0.15) is 44.6 Å². The first-order valence-electron chi connectivity index (χ1n) is 11.8. The van der Waals surface area contributed by atoms with Crippen LogP contribution in [0.15, 0.2) is 42.5 Å². The average Bonchev–Trinajstić information content (AvgIpc) is 3.32. The summed E-state index contributed by atoms with van der Waals surface area (Å²) in [5, 5.41) is 2.97. The van der Waals surface area contributed by atoms with Gasteiger partial charge in [-0.15, -0.1) is 0 Å². The quantitative estimate of drug-likeness (QED) is 0.512. The molecule has 0 spiro atoms. The molecule has 11 heteroatoms. The second-order valence-electron chi connectivity index (χ2n) is 8.93. The summed E-state index contributed by atoms with van der Waals surface area (Å²) in [5.74, 6) is -3.98. The van der Waals surface area contributed by atoms with Gasteiger partial charge in [-0.3, -0.25) is 13.9 Å². The van der Waals surface area contributed by atoms with Crippen LogP contribution < -0.4 is 9.62 Å². The monoisotopic (exact) mass is 525 g/mol. The van der Waals surface area contributed by atoms with Crippen molar-refractivity contribution in [3.63, 3.8) is 0 Å². The van der Waals surface area contributed by atoms with E-state index in [0.717, 1.165) is 44.1 Å². The van der Waals surface area contributed by atoms with Crippen molar-refractivity contribution in [2.75, 3.05) is 17.1 Å². The zero-order valence-electron chi connectivity index (χ0n) is 20.2. The molecule has 2 amide bonds. The second-order valence-corrected chi connectivity index (χ2v) is 10.8. The maximum atomic E-state index is 13.9. The van der Waals surface area contributed by atoms with Gasteiger partial charge >= 0.3 is 0 Å². The molecule has 196 valence electrons. The molecule has 0 radical (unpaired) electrons. The number of carbonyl (C=O) groups excluding carboxylic acids is 2. The summed E-state index contributed by atoms with van der Waals surface area (Å²) >= 11 is 0. The molecule has 1 saturated carbocycles. The van der Waals surface area contributed by atoms with Gasteiger partial charge in [-0.1, -0.05) is 31.9 Å². The maximum Gasteiger partial charge on any atom is 0.244 e. The molecule has 3 rings (SSSR count). The van der Waals surface area contributed by atoms with Crippen molar-refractivity contribution in [1.82, 2.24) is 10.2 Å². The van der Waals surface area contributed by atoms with Crippen LogP contribution in [0.2, 0.25) is 0 Å². The van der Waals surface area contributed by atoms with E-state index in [1.165, 1.54) is 29.2 Å². The Kier molecular flexibility index (Phi) is 8.99. The van der Waals surface area contributed by atoms with E-state index in [1.807, 2.05) is 0 Å². The maximum absolute atomic E-state index is 13.9. The summed E-state index contributed by atoms with van der Waals surface area (Å²) in [6, 6.07) is 7.00. The Morgan fingerprint density at radius 1 is 1.03 bits per heavy atom. The Hall–Kier alpha value is -3.08. The van der Waals surface area contributed by atoms with Crippen molar-refractivity contribution in [2.45, 2.75) is 57.7 Å². The van der Waals surface area contributed by atoms with Crippen molar-refractivity contribution in [2.24, 2.45) is 0 Å². The fourth-order valence-corrected chi connectivity index (χ4v) is 5.17. The summed E-state index contributed by atoms with van der Waals surface area (Å²) in [6.45, 7) is 0.914. The second kappa shape index (κ2) is 11.8. The summed E-state index contributed by atoms with van der Waals surface area (Å²) < 4.78 is 66.4. The first kappa shape index (κ1) is 27.5. The molecule has 1 aliphatic carbocycles. The van der Waals surface area contributed by atoms with E-state index in [2.05, 4.69) is 5.32 Å². The van der Waals surface area contributed by atoms with Crippen LogP contribution >= 0.6 is 0 Å². The Labute approximate surface area is 209 Å². The van der Waals surface area contributed by atoms with Crippen LogP contribution in [-0.2, 0) is 26.2 Å². The first-order chi connectivity index (χ1) is 17.0. The molecule has 0 heterocycles. The van der Waals surface area contributed by atoms with Gasteiger partial charge in [0, 0.05) is 18.7 Å². The van der Waals surface area contributed by atoms with Gasteiger partial charge in [0.15, 0.2) is 11.6 Å². The smallest absolute Gasteiger partial charge is 0.244 e. The van der Waals surface area contributed by atoms with Crippen molar-refractivity contribution in [1.29, 1.82) is 0 Å². The van der Waals surface area contributed by atoms with E-state index in [4.69, 9.17) is 0 Å². The number of amides is 2. The molecule has 0 bridgehead atoms. The van der Waals surface area contributed by atoms with E-state index in [9.17, 15) is 31.2 Å². The number of hydrogen-bond acceptors (Lipinski definition) is 4. The number of nitrogens with zero attached hydrogens (tertiary/aromatic N) is 2. The van der Waals surface area contributed by atoms with Crippen LogP contribution in [-0.4, -0.2) is 50.0 Å². The minimum atomic E-state index is -4.08. The molecular formula is C25H30F3N3O4S. The largest absolute Gasteiger partial charge is 0.352 e. The third kappa shape index (κ3) is 6.99. The van der Waals surface area contributed by atoms with Crippen molar-refractivity contribution in [3.8, 4) is 0 Å². The molecule has 1 fully saturated rings. The van der Waals surface area contributed by atoms with Gasteiger partial charge in [-0.25, -0.2) is 21.6 Å². The molecule has 0 aliphatic heterocycles. The average molecular weight is 526 g/mol. The molecule has 0 unspecified atom stereocenters. The SMILES string of the molecule is CC[C@H](C(=O)NC1CCCC1)N(Cc1ccc(F)cc1)C(=O)CN(c1ccc(F)c(F)c1)S(C)(=O)=O. The molecule has 1 aliphatic rings. The van der Waals surface area contributed by atoms with Gasteiger partial charge in [0.05, 0.1) is 11.9 Å². The summed E-state index contributed by atoms with van der Waals surface area (Å²) in [4.78, 5) is 27.9. The van der Waals surface area contributed by atoms with E-state index >= 15 is 0 Å². The predicted molar refractivity (Wildman–Crippen MR) is 130 cm³/mol. The van der Waals surface area contributed by atoms with Crippen molar-refractivity contribution < 1.29 is 31.2 Å². The van der Waals surface area contributed by atoms with E-state index < -0.39 is 46.0 Å². The highest BCUT2D eigenvalue weighted by Gasteiger charge is 2.33. The minimum Gasteiger partial charge on any atom is -0.352 e. The standard InChI is InChI=1S/C25H30F3N3O4S/c1-3-23(25(33)29-19-6-4-5-7-19)30(15-17-8-10-18(26)11-9-17)24(32)16-31(36(2,34)35)20-12-13-21(27)22(28)14-20/h8-14,19,23H,3-7,15-16H2,1-2H3,(H,29,33)/t23-/m1/s1. The Balaban J connectivity index is 1.92.